The van der Waals surface area contributed by atoms with E-state index in [4.69, 9.17) is 11.6 Å². The van der Waals surface area contributed by atoms with Crippen LogP contribution in [-0.4, -0.2) is 16.8 Å². The fourth-order valence-corrected chi connectivity index (χ4v) is 2.84. The number of hydrogen-bond acceptors (Lipinski definition) is 2. The van der Waals surface area contributed by atoms with Crippen LogP contribution >= 0.6 is 11.6 Å². The highest BCUT2D eigenvalue weighted by Crippen LogP contribution is 2.27. The van der Waals surface area contributed by atoms with E-state index in [1.807, 2.05) is 18.7 Å². The molecule has 0 aliphatic heterocycles. The molecule has 114 valence electrons. The molecule has 1 aromatic carbocycles. The number of likely N-dealkylation sites (N-methyl/N-ethyl adjacent to an activating group) is 1. The van der Waals surface area contributed by atoms with Crippen molar-refractivity contribution >= 4 is 11.6 Å². The molecule has 1 heterocycles. The van der Waals surface area contributed by atoms with Gasteiger partial charge in [-0.05, 0) is 51.4 Å². The van der Waals surface area contributed by atoms with E-state index in [2.05, 4.69) is 49.4 Å². The lowest BCUT2D eigenvalue weighted by molar-refractivity contribution is 0.541. The maximum atomic E-state index is 6.43. The van der Waals surface area contributed by atoms with Gasteiger partial charge in [-0.3, -0.25) is 4.68 Å². The second kappa shape index (κ2) is 6.63. The average Bonchev–Trinajstić information content (AvgIpc) is 2.75. The number of benzene rings is 1. The van der Waals surface area contributed by atoms with Crippen LogP contribution in [0.25, 0.3) is 0 Å². The minimum absolute atomic E-state index is 0.239. The molecule has 0 radical (unpaired) electrons. The van der Waals surface area contributed by atoms with Gasteiger partial charge in [0.1, 0.15) is 0 Å². The molecule has 0 saturated carbocycles. The minimum atomic E-state index is 0.239. The highest BCUT2D eigenvalue weighted by atomic mass is 35.5. The van der Waals surface area contributed by atoms with Crippen molar-refractivity contribution in [3.05, 3.63) is 51.3 Å². The van der Waals surface area contributed by atoms with E-state index in [0.717, 1.165) is 29.4 Å². The SMILES string of the molecule is CCn1nc(C)c(Cl)c1CC(NC)c1ccc(C)c(C)c1. The Kier molecular flexibility index (Phi) is 5.07. The predicted octanol–water partition coefficient (Wildman–Crippen LogP) is 3.98. The number of aryl methyl sites for hydroxylation is 4. The number of halogens is 1. The Morgan fingerprint density at radius 3 is 2.52 bits per heavy atom. The lowest BCUT2D eigenvalue weighted by atomic mass is 9.98. The van der Waals surface area contributed by atoms with Crippen molar-refractivity contribution in [3.63, 3.8) is 0 Å². The summed E-state index contributed by atoms with van der Waals surface area (Å²) in [5.74, 6) is 0. The molecule has 0 aliphatic rings. The molecule has 2 rings (SSSR count). The second-order valence-electron chi connectivity index (χ2n) is 5.55. The van der Waals surface area contributed by atoms with E-state index in [0.29, 0.717) is 0 Å². The molecule has 1 aromatic heterocycles. The molecule has 0 spiro atoms. The highest BCUT2D eigenvalue weighted by Gasteiger charge is 2.18. The first-order valence-corrected chi connectivity index (χ1v) is 7.81. The Morgan fingerprint density at radius 1 is 1.24 bits per heavy atom. The number of nitrogens with one attached hydrogen (secondary N) is 1. The smallest absolute Gasteiger partial charge is 0.0847 e. The number of aromatic nitrogens is 2. The summed E-state index contributed by atoms with van der Waals surface area (Å²) in [7, 11) is 1.99. The Labute approximate surface area is 132 Å². The maximum Gasteiger partial charge on any atom is 0.0847 e. The van der Waals surface area contributed by atoms with Crippen molar-refractivity contribution in [1.29, 1.82) is 0 Å². The van der Waals surface area contributed by atoms with Gasteiger partial charge in [0.15, 0.2) is 0 Å². The van der Waals surface area contributed by atoms with Crippen LogP contribution in [0.3, 0.4) is 0 Å². The van der Waals surface area contributed by atoms with Gasteiger partial charge in [-0.15, -0.1) is 0 Å². The molecule has 1 atom stereocenters. The summed E-state index contributed by atoms with van der Waals surface area (Å²) in [5.41, 5.74) is 5.94. The van der Waals surface area contributed by atoms with Crippen LogP contribution in [0, 0.1) is 20.8 Å². The van der Waals surface area contributed by atoms with Crippen molar-refractivity contribution in [1.82, 2.24) is 15.1 Å². The second-order valence-corrected chi connectivity index (χ2v) is 5.93. The molecule has 2 aromatic rings. The van der Waals surface area contributed by atoms with E-state index < -0.39 is 0 Å². The molecule has 1 N–H and O–H groups in total. The van der Waals surface area contributed by atoms with Crippen molar-refractivity contribution in [3.8, 4) is 0 Å². The lowest BCUT2D eigenvalue weighted by Crippen LogP contribution is -2.21. The van der Waals surface area contributed by atoms with Crippen LogP contribution in [0.5, 0.6) is 0 Å². The monoisotopic (exact) mass is 305 g/mol. The third-order valence-electron chi connectivity index (χ3n) is 4.13. The summed E-state index contributed by atoms with van der Waals surface area (Å²) >= 11 is 6.43. The standard InChI is InChI=1S/C17H24ClN3/c1-6-21-16(17(18)13(4)20-21)10-15(19-5)14-8-7-11(2)12(3)9-14/h7-9,15,19H,6,10H2,1-5H3. The van der Waals surface area contributed by atoms with Gasteiger partial charge < -0.3 is 5.32 Å². The van der Waals surface area contributed by atoms with Crippen molar-refractivity contribution in [2.75, 3.05) is 7.05 Å². The minimum Gasteiger partial charge on any atom is -0.313 e. The van der Waals surface area contributed by atoms with Crippen molar-refractivity contribution in [2.24, 2.45) is 0 Å². The van der Waals surface area contributed by atoms with Crippen molar-refractivity contribution < 1.29 is 0 Å². The Hall–Kier alpha value is -1.32. The van der Waals surface area contributed by atoms with Gasteiger partial charge >= 0.3 is 0 Å². The Bertz CT molecular complexity index is 631. The van der Waals surface area contributed by atoms with E-state index in [1.165, 1.54) is 16.7 Å². The molecule has 0 amide bonds. The van der Waals surface area contributed by atoms with Crippen molar-refractivity contribution in [2.45, 2.75) is 46.7 Å². The molecule has 3 nitrogen and oxygen atoms in total. The summed E-state index contributed by atoms with van der Waals surface area (Å²) in [6.45, 7) is 9.18. The Morgan fingerprint density at radius 2 is 1.95 bits per heavy atom. The normalized spacial score (nSPS) is 12.7. The fraction of sp³-hybridized carbons (Fsp3) is 0.471. The first kappa shape index (κ1) is 16.1. The summed E-state index contributed by atoms with van der Waals surface area (Å²) in [6.07, 6.45) is 0.840. The van der Waals surface area contributed by atoms with Gasteiger partial charge in [-0.2, -0.15) is 5.10 Å². The van der Waals surface area contributed by atoms with E-state index in [-0.39, 0.29) is 6.04 Å². The predicted molar refractivity (Wildman–Crippen MR) is 89.1 cm³/mol. The number of hydrogen-bond donors (Lipinski definition) is 1. The van der Waals surface area contributed by atoms with Gasteiger partial charge in [0.25, 0.3) is 0 Å². The van der Waals surface area contributed by atoms with E-state index in [9.17, 15) is 0 Å². The largest absolute Gasteiger partial charge is 0.313 e. The number of nitrogens with zero attached hydrogens (tertiary/aromatic N) is 2. The quantitative estimate of drug-likeness (QED) is 0.905. The third-order valence-corrected chi connectivity index (χ3v) is 4.62. The van der Waals surface area contributed by atoms with Crippen LogP contribution in [0.15, 0.2) is 18.2 Å². The fourth-order valence-electron chi connectivity index (χ4n) is 2.63. The molecular formula is C17H24ClN3. The molecule has 0 bridgehead atoms. The summed E-state index contributed by atoms with van der Waals surface area (Å²) < 4.78 is 2.00. The van der Waals surface area contributed by atoms with Crippen LogP contribution in [0.2, 0.25) is 5.02 Å². The zero-order chi connectivity index (χ0) is 15.6. The summed E-state index contributed by atoms with van der Waals surface area (Å²) in [5, 5.41) is 8.69. The zero-order valence-electron chi connectivity index (χ0n) is 13.5. The van der Waals surface area contributed by atoms with Gasteiger partial charge in [0.2, 0.25) is 0 Å². The van der Waals surface area contributed by atoms with E-state index in [1.54, 1.807) is 0 Å². The first-order chi connectivity index (χ1) is 9.97. The first-order valence-electron chi connectivity index (χ1n) is 7.44. The highest BCUT2D eigenvalue weighted by molar-refractivity contribution is 6.31. The zero-order valence-corrected chi connectivity index (χ0v) is 14.3. The van der Waals surface area contributed by atoms with E-state index >= 15 is 0 Å². The molecule has 21 heavy (non-hydrogen) atoms. The average molecular weight is 306 g/mol. The van der Waals surface area contributed by atoms with Crippen LogP contribution < -0.4 is 5.32 Å². The maximum absolute atomic E-state index is 6.43. The third kappa shape index (κ3) is 3.30. The van der Waals surface area contributed by atoms with Gasteiger partial charge in [0.05, 0.1) is 16.4 Å². The topological polar surface area (TPSA) is 29.9 Å². The molecule has 0 aliphatic carbocycles. The van der Waals surface area contributed by atoms with Gasteiger partial charge in [-0.1, -0.05) is 29.8 Å². The van der Waals surface area contributed by atoms with Gasteiger partial charge in [0, 0.05) is 19.0 Å². The van der Waals surface area contributed by atoms with Crippen LogP contribution in [0.4, 0.5) is 0 Å². The molecule has 1 unspecified atom stereocenters. The van der Waals surface area contributed by atoms with Crippen LogP contribution in [-0.2, 0) is 13.0 Å². The summed E-state index contributed by atoms with van der Waals surface area (Å²) in [6, 6.07) is 6.86. The lowest BCUT2D eigenvalue weighted by Gasteiger charge is -2.19. The molecule has 0 saturated heterocycles. The number of rotatable bonds is 5. The Balaban J connectivity index is 2.33. The van der Waals surface area contributed by atoms with Crippen LogP contribution in [0.1, 0.15) is 41.0 Å². The molecular weight excluding hydrogens is 282 g/mol. The molecule has 4 heteroatoms. The van der Waals surface area contributed by atoms with Gasteiger partial charge in [-0.25, -0.2) is 0 Å². The molecule has 0 fully saturated rings. The summed E-state index contributed by atoms with van der Waals surface area (Å²) in [4.78, 5) is 0.